The minimum Gasteiger partial charge on any atom is -0.490 e. The van der Waals surface area contributed by atoms with Crippen LogP contribution in [0.15, 0.2) is 12.1 Å². The number of anilines is 1. The Balaban J connectivity index is 1.79. The standard InChI is InChI=1S/C21H24Cl2N2O3S/c1-2-3-6-9-28-18-14(22)10-12(11-15(18)23)20(27)25-21-17(19(24)26)13-7-4-5-8-16(13)29-21/h10-11H,2-9H2,1H3,(H2,24,26)(H,25,27). The number of thiophene rings is 1. The number of primary amides is 1. The first-order chi connectivity index (χ1) is 13.9. The maximum absolute atomic E-state index is 12.8. The van der Waals surface area contributed by atoms with Gasteiger partial charge in [0, 0.05) is 10.4 Å². The molecule has 0 atom stereocenters. The number of ether oxygens (including phenoxy) is 1. The first-order valence-corrected chi connectivity index (χ1v) is 11.4. The molecular formula is C21H24Cl2N2O3S. The van der Waals surface area contributed by atoms with Crippen LogP contribution >= 0.6 is 34.5 Å². The quantitative estimate of drug-likeness (QED) is 0.490. The van der Waals surface area contributed by atoms with Crippen LogP contribution < -0.4 is 15.8 Å². The van der Waals surface area contributed by atoms with Crippen LogP contribution in [0.2, 0.25) is 10.0 Å². The van der Waals surface area contributed by atoms with Gasteiger partial charge in [0.25, 0.3) is 11.8 Å². The second-order valence-corrected chi connectivity index (χ2v) is 8.98. The molecular weight excluding hydrogens is 431 g/mol. The molecule has 0 fully saturated rings. The summed E-state index contributed by atoms with van der Waals surface area (Å²) in [4.78, 5) is 25.9. The van der Waals surface area contributed by atoms with Crippen molar-refractivity contribution in [3.05, 3.63) is 43.7 Å². The van der Waals surface area contributed by atoms with Gasteiger partial charge in [-0.2, -0.15) is 0 Å². The number of aryl methyl sites for hydroxylation is 1. The molecule has 1 aromatic heterocycles. The molecule has 8 heteroatoms. The van der Waals surface area contributed by atoms with Crippen LogP contribution in [0, 0.1) is 0 Å². The van der Waals surface area contributed by atoms with Gasteiger partial charge in [-0.15, -0.1) is 11.3 Å². The number of hydrogen-bond donors (Lipinski definition) is 2. The fraction of sp³-hybridized carbons (Fsp3) is 0.429. The number of benzene rings is 1. The highest BCUT2D eigenvalue weighted by Crippen LogP contribution is 2.39. The summed E-state index contributed by atoms with van der Waals surface area (Å²) >= 11 is 14.0. The molecule has 2 amide bonds. The largest absolute Gasteiger partial charge is 0.490 e. The summed E-state index contributed by atoms with van der Waals surface area (Å²) in [6.45, 7) is 2.63. The van der Waals surface area contributed by atoms with E-state index < -0.39 is 11.8 Å². The van der Waals surface area contributed by atoms with Crippen LogP contribution in [0.5, 0.6) is 5.75 Å². The number of carbonyl (C=O) groups is 2. The molecule has 0 spiro atoms. The lowest BCUT2D eigenvalue weighted by atomic mass is 9.95. The summed E-state index contributed by atoms with van der Waals surface area (Å²) in [7, 11) is 0. The molecule has 1 aliphatic carbocycles. The second-order valence-electron chi connectivity index (χ2n) is 7.06. The predicted molar refractivity (Wildman–Crippen MR) is 119 cm³/mol. The van der Waals surface area contributed by atoms with Gasteiger partial charge in [0.1, 0.15) is 5.00 Å². The van der Waals surface area contributed by atoms with E-state index in [0.29, 0.717) is 28.5 Å². The third-order valence-corrected chi connectivity index (χ3v) is 6.67. The van der Waals surface area contributed by atoms with Crippen molar-refractivity contribution < 1.29 is 14.3 Å². The fourth-order valence-electron chi connectivity index (χ4n) is 3.45. The average Bonchev–Trinajstić information content (AvgIpc) is 3.04. The number of nitrogens with two attached hydrogens (primary N) is 1. The van der Waals surface area contributed by atoms with Gasteiger partial charge in [-0.05, 0) is 49.8 Å². The van der Waals surface area contributed by atoms with E-state index in [1.54, 1.807) is 0 Å². The van der Waals surface area contributed by atoms with Crippen molar-refractivity contribution in [3.63, 3.8) is 0 Å². The second kappa shape index (κ2) is 9.83. The lowest BCUT2D eigenvalue weighted by Crippen LogP contribution is -2.18. The predicted octanol–water partition coefficient (Wildman–Crippen LogP) is 5.85. The maximum atomic E-state index is 12.8. The highest BCUT2D eigenvalue weighted by Gasteiger charge is 2.25. The van der Waals surface area contributed by atoms with Crippen LogP contribution in [0.4, 0.5) is 5.00 Å². The van der Waals surface area contributed by atoms with Gasteiger partial charge in [-0.3, -0.25) is 9.59 Å². The Bertz CT molecular complexity index is 904. The Morgan fingerprint density at radius 2 is 1.86 bits per heavy atom. The van der Waals surface area contributed by atoms with Crippen molar-refractivity contribution in [2.45, 2.75) is 51.9 Å². The number of fused-ring (bicyclic) bond motifs is 1. The molecule has 156 valence electrons. The highest BCUT2D eigenvalue weighted by molar-refractivity contribution is 7.17. The summed E-state index contributed by atoms with van der Waals surface area (Å²) in [6.07, 6.45) is 6.85. The Hall–Kier alpha value is -1.76. The number of carbonyl (C=O) groups excluding carboxylic acids is 2. The summed E-state index contributed by atoms with van der Waals surface area (Å²) < 4.78 is 5.67. The number of nitrogens with one attached hydrogen (secondary N) is 1. The Kier molecular flexibility index (Phi) is 7.44. The normalized spacial score (nSPS) is 13.1. The third kappa shape index (κ3) is 5.05. The van der Waals surface area contributed by atoms with Gasteiger partial charge in [0.05, 0.1) is 22.2 Å². The van der Waals surface area contributed by atoms with Crippen molar-refractivity contribution >= 4 is 51.4 Å². The molecule has 1 heterocycles. The number of halogens is 2. The number of rotatable bonds is 8. The molecule has 29 heavy (non-hydrogen) atoms. The first-order valence-electron chi connectivity index (χ1n) is 9.79. The molecule has 5 nitrogen and oxygen atoms in total. The van der Waals surface area contributed by atoms with Crippen molar-refractivity contribution in [1.29, 1.82) is 0 Å². The van der Waals surface area contributed by atoms with Crippen LogP contribution in [0.25, 0.3) is 0 Å². The van der Waals surface area contributed by atoms with Crippen LogP contribution in [-0.4, -0.2) is 18.4 Å². The minimum absolute atomic E-state index is 0.278. The summed E-state index contributed by atoms with van der Waals surface area (Å²) in [5.41, 5.74) is 7.28. The van der Waals surface area contributed by atoms with Gasteiger partial charge in [0.15, 0.2) is 5.75 Å². The Labute approximate surface area is 184 Å². The molecule has 0 aliphatic heterocycles. The van der Waals surface area contributed by atoms with E-state index >= 15 is 0 Å². The molecule has 0 radical (unpaired) electrons. The van der Waals surface area contributed by atoms with Crippen molar-refractivity contribution in [3.8, 4) is 5.75 Å². The van der Waals surface area contributed by atoms with Crippen LogP contribution in [0.3, 0.4) is 0 Å². The number of amides is 2. The Morgan fingerprint density at radius 1 is 1.17 bits per heavy atom. The van der Waals surface area contributed by atoms with E-state index in [1.165, 1.54) is 23.5 Å². The monoisotopic (exact) mass is 454 g/mol. The molecule has 0 bridgehead atoms. The molecule has 3 N–H and O–H groups in total. The van der Waals surface area contributed by atoms with Crippen molar-refractivity contribution in [2.75, 3.05) is 11.9 Å². The van der Waals surface area contributed by atoms with E-state index in [2.05, 4.69) is 12.2 Å². The Morgan fingerprint density at radius 3 is 2.52 bits per heavy atom. The van der Waals surface area contributed by atoms with Gasteiger partial charge in [0.2, 0.25) is 0 Å². The van der Waals surface area contributed by atoms with Crippen molar-refractivity contribution in [1.82, 2.24) is 0 Å². The smallest absolute Gasteiger partial charge is 0.256 e. The minimum atomic E-state index is -0.522. The first kappa shape index (κ1) is 21.9. The molecule has 3 rings (SSSR count). The van der Waals surface area contributed by atoms with E-state index in [9.17, 15) is 9.59 Å². The van der Waals surface area contributed by atoms with E-state index in [1.807, 2.05) is 0 Å². The van der Waals surface area contributed by atoms with Gasteiger partial charge in [-0.1, -0.05) is 43.0 Å². The van der Waals surface area contributed by atoms with Crippen LogP contribution in [-0.2, 0) is 12.8 Å². The lowest BCUT2D eigenvalue weighted by Gasteiger charge is -2.12. The summed E-state index contributed by atoms with van der Waals surface area (Å²) in [6, 6.07) is 3.05. The number of unbranched alkanes of at least 4 members (excludes halogenated alkanes) is 2. The zero-order valence-electron chi connectivity index (χ0n) is 16.3. The maximum Gasteiger partial charge on any atom is 0.256 e. The summed E-state index contributed by atoms with van der Waals surface area (Å²) in [5.74, 6) is -0.538. The molecule has 2 aromatic rings. The van der Waals surface area contributed by atoms with Gasteiger partial charge >= 0.3 is 0 Å². The zero-order chi connectivity index (χ0) is 21.0. The summed E-state index contributed by atoms with van der Waals surface area (Å²) in [5, 5.41) is 3.86. The van der Waals surface area contributed by atoms with Gasteiger partial charge in [-0.25, -0.2) is 0 Å². The topological polar surface area (TPSA) is 81.4 Å². The molecule has 0 saturated heterocycles. The highest BCUT2D eigenvalue weighted by atomic mass is 35.5. The van der Waals surface area contributed by atoms with E-state index in [4.69, 9.17) is 33.7 Å². The zero-order valence-corrected chi connectivity index (χ0v) is 18.6. The SMILES string of the molecule is CCCCCOc1c(Cl)cc(C(=O)Nc2sc3c(c2C(N)=O)CCCC3)cc1Cl. The lowest BCUT2D eigenvalue weighted by molar-refractivity contribution is 0.100. The van der Waals surface area contributed by atoms with E-state index in [-0.39, 0.29) is 10.0 Å². The average molecular weight is 455 g/mol. The number of hydrogen-bond acceptors (Lipinski definition) is 4. The molecule has 0 saturated carbocycles. The molecule has 0 unspecified atom stereocenters. The van der Waals surface area contributed by atoms with Crippen LogP contribution in [0.1, 0.15) is 70.2 Å². The van der Waals surface area contributed by atoms with Gasteiger partial charge < -0.3 is 15.8 Å². The van der Waals surface area contributed by atoms with E-state index in [0.717, 1.165) is 55.4 Å². The third-order valence-electron chi connectivity index (χ3n) is 4.90. The fourth-order valence-corrected chi connectivity index (χ4v) is 5.33. The molecule has 1 aliphatic rings. The van der Waals surface area contributed by atoms with Crippen molar-refractivity contribution in [2.24, 2.45) is 5.73 Å². The molecule has 1 aromatic carbocycles.